The monoisotopic (exact) mass is 342 g/mol. The van der Waals surface area contributed by atoms with E-state index in [0.29, 0.717) is 0 Å². The Morgan fingerprint density at radius 1 is 1.42 bits per heavy atom. The first kappa shape index (κ1) is 15.4. The maximum absolute atomic E-state index is 3.71. The van der Waals surface area contributed by atoms with Crippen LogP contribution in [0.15, 0.2) is 22.7 Å². The molecule has 0 amide bonds. The molecule has 0 atom stereocenters. The largest absolute Gasteiger partial charge is 0.310 e. The van der Waals surface area contributed by atoms with Gasteiger partial charge in [0, 0.05) is 35.9 Å². The van der Waals surface area contributed by atoms with Gasteiger partial charge in [-0.3, -0.25) is 0 Å². The Bertz CT molecular complexity index is 407. The molecule has 1 N–H and O–H groups in total. The van der Waals surface area contributed by atoms with Crippen LogP contribution in [0.1, 0.15) is 24.0 Å². The minimum absolute atomic E-state index is 0.774. The number of hydrogen-bond donors (Lipinski definition) is 1. The van der Waals surface area contributed by atoms with Crippen LogP contribution in [-0.4, -0.2) is 36.5 Å². The Labute approximate surface area is 129 Å². The molecule has 0 heterocycles. The first-order chi connectivity index (χ1) is 9.19. The van der Waals surface area contributed by atoms with E-state index in [1.807, 2.05) is 11.8 Å². The number of thioether (sulfide) groups is 1. The molecule has 1 aliphatic carbocycles. The molecule has 2 nitrogen and oxygen atoms in total. The van der Waals surface area contributed by atoms with Gasteiger partial charge in [-0.2, -0.15) is 11.8 Å². The van der Waals surface area contributed by atoms with Gasteiger partial charge in [0.05, 0.1) is 0 Å². The van der Waals surface area contributed by atoms with Crippen molar-refractivity contribution in [3.05, 3.63) is 33.8 Å². The average molecular weight is 343 g/mol. The second-order valence-electron chi connectivity index (χ2n) is 5.31. The molecule has 0 saturated heterocycles. The summed E-state index contributed by atoms with van der Waals surface area (Å²) in [5.74, 6) is 1.19. The lowest BCUT2D eigenvalue weighted by Crippen LogP contribution is -2.21. The van der Waals surface area contributed by atoms with Crippen molar-refractivity contribution in [3.63, 3.8) is 0 Å². The van der Waals surface area contributed by atoms with Crippen LogP contribution < -0.4 is 5.32 Å². The van der Waals surface area contributed by atoms with Crippen molar-refractivity contribution in [2.24, 2.45) is 0 Å². The molecule has 0 radical (unpaired) electrons. The van der Waals surface area contributed by atoms with Gasteiger partial charge in [0.15, 0.2) is 0 Å². The number of nitrogens with zero attached hydrogens (tertiary/aromatic N) is 1. The van der Waals surface area contributed by atoms with Crippen LogP contribution in [-0.2, 0) is 13.1 Å². The fourth-order valence-electron chi connectivity index (χ4n) is 2.00. The second kappa shape index (κ2) is 7.67. The van der Waals surface area contributed by atoms with Gasteiger partial charge in [-0.05, 0) is 43.3 Å². The topological polar surface area (TPSA) is 15.3 Å². The highest BCUT2D eigenvalue weighted by molar-refractivity contribution is 9.10. The third-order valence-electron chi connectivity index (χ3n) is 3.41. The van der Waals surface area contributed by atoms with E-state index in [1.165, 1.54) is 34.2 Å². The minimum atomic E-state index is 0.774. The smallest absolute Gasteiger partial charge is 0.0242 e. The van der Waals surface area contributed by atoms with Gasteiger partial charge in [0.1, 0.15) is 0 Å². The second-order valence-corrected chi connectivity index (χ2v) is 7.15. The standard InChI is InChI=1S/C15H23BrN2S/c1-18(7-8-19-2)11-13-4-3-12(9-15(13)16)10-17-14-5-6-14/h3-4,9,14,17H,5-8,10-11H2,1-2H3. The van der Waals surface area contributed by atoms with Crippen LogP contribution in [0.2, 0.25) is 0 Å². The van der Waals surface area contributed by atoms with Crippen molar-refractivity contribution in [2.45, 2.75) is 32.0 Å². The number of rotatable bonds is 8. The molecule has 1 saturated carbocycles. The van der Waals surface area contributed by atoms with Crippen LogP contribution in [0.5, 0.6) is 0 Å². The molecule has 19 heavy (non-hydrogen) atoms. The van der Waals surface area contributed by atoms with E-state index in [-0.39, 0.29) is 0 Å². The number of halogens is 1. The highest BCUT2D eigenvalue weighted by Crippen LogP contribution is 2.22. The summed E-state index contributed by atoms with van der Waals surface area (Å²) in [6.45, 7) is 3.14. The maximum Gasteiger partial charge on any atom is 0.0242 e. The molecule has 4 heteroatoms. The van der Waals surface area contributed by atoms with Crippen molar-refractivity contribution in [1.82, 2.24) is 10.2 Å². The molecule has 2 rings (SSSR count). The third kappa shape index (κ3) is 5.46. The maximum atomic E-state index is 3.71. The zero-order valence-electron chi connectivity index (χ0n) is 11.8. The summed E-state index contributed by atoms with van der Waals surface area (Å²) in [6, 6.07) is 7.53. The fourth-order valence-corrected chi connectivity index (χ4v) is 3.04. The Morgan fingerprint density at radius 3 is 2.84 bits per heavy atom. The van der Waals surface area contributed by atoms with Crippen LogP contribution in [0.25, 0.3) is 0 Å². The van der Waals surface area contributed by atoms with Gasteiger partial charge in [-0.15, -0.1) is 0 Å². The molecule has 0 unspecified atom stereocenters. The molecule has 1 fully saturated rings. The van der Waals surface area contributed by atoms with Gasteiger partial charge in [0.2, 0.25) is 0 Å². The van der Waals surface area contributed by atoms with E-state index in [4.69, 9.17) is 0 Å². The highest BCUT2D eigenvalue weighted by atomic mass is 79.9. The van der Waals surface area contributed by atoms with Crippen molar-refractivity contribution >= 4 is 27.7 Å². The summed E-state index contributed by atoms with van der Waals surface area (Å²) in [4.78, 5) is 2.37. The number of hydrogen-bond acceptors (Lipinski definition) is 3. The van der Waals surface area contributed by atoms with E-state index in [2.05, 4.69) is 57.6 Å². The molecule has 1 aliphatic rings. The normalized spacial score (nSPS) is 15.2. The molecular weight excluding hydrogens is 320 g/mol. The SMILES string of the molecule is CSCCN(C)Cc1ccc(CNC2CC2)cc1Br. The Hall–Kier alpha value is -0.0300. The third-order valence-corrected chi connectivity index (χ3v) is 4.74. The van der Waals surface area contributed by atoms with E-state index in [9.17, 15) is 0 Å². The predicted octanol–water partition coefficient (Wildman–Crippen LogP) is 3.50. The van der Waals surface area contributed by atoms with Gasteiger partial charge >= 0.3 is 0 Å². The molecule has 0 spiro atoms. The fraction of sp³-hybridized carbons (Fsp3) is 0.600. The van der Waals surface area contributed by atoms with Crippen molar-refractivity contribution in [1.29, 1.82) is 0 Å². The molecule has 0 aliphatic heterocycles. The Balaban J connectivity index is 1.86. The summed E-state index contributed by atoms with van der Waals surface area (Å²) in [6.07, 6.45) is 4.85. The van der Waals surface area contributed by atoms with Crippen molar-refractivity contribution < 1.29 is 0 Å². The zero-order valence-corrected chi connectivity index (χ0v) is 14.2. The van der Waals surface area contributed by atoms with Crippen molar-refractivity contribution in [2.75, 3.05) is 25.6 Å². The van der Waals surface area contributed by atoms with Gasteiger partial charge < -0.3 is 10.2 Å². The van der Waals surface area contributed by atoms with E-state index in [0.717, 1.165) is 25.7 Å². The van der Waals surface area contributed by atoms with Crippen LogP contribution >= 0.6 is 27.7 Å². The average Bonchev–Trinajstić information content (AvgIpc) is 3.21. The molecular formula is C15H23BrN2S. The lowest BCUT2D eigenvalue weighted by atomic mass is 10.1. The summed E-state index contributed by atoms with van der Waals surface area (Å²) in [7, 11) is 2.19. The van der Waals surface area contributed by atoms with Crippen LogP contribution in [0.4, 0.5) is 0 Å². The lowest BCUT2D eigenvalue weighted by molar-refractivity contribution is 0.348. The van der Waals surface area contributed by atoms with E-state index < -0.39 is 0 Å². The van der Waals surface area contributed by atoms with E-state index in [1.54, 1.807) is 0 Å². The first-order valence-electron chi connectivity index (χ1n) is 6.87. The van der Waals surface area contributed by atoms with E-state index >= 15 is 0 Å². The van der Waals surface area contributed by atoms with Gasteiger partial charge in [-0.25, -0.2) is 0 Å². The number of benzene rings is 1. The van der Waals surface area contributed by atoms with Gasteiger partial charge in [-0.1, -0.05) is 28.1 Å². The predicted molar refractivity (Wildman–Crippen MR) is 88.7 cm³/mol. The molecule has 0 aromatic heterocycles. The molecule has 106 valence electrons. The quantitative estimate of drug-likeness (QED) is 0.778. The minimum Gasteiger partial charge on any atom is -0.310 e. The molecule has 1 aromatic carbocycles. The first-order valence-corrected chi connectivity index (χ1v) is 9.06. The zero-order chi connectivity index (χ0) is 13.7. The summed E-state index contributed by atoms with van der Waals surface area (Å²) < 4.78 is 1.23. The van der Waals surface area contributed by atoms with Crippen LogP contribution in [0, 0.1) is 0 Å². The number of nitrogens with one attached hydrogen (secondary N) is 1. The summed E-state index contributed by atoms with van der Waals surface area (Å²) in [5.41, 5.74) is 2.74. The summed E-state index contributed by atoms with van der Waals surface area (Å²) >= 11 is 5.61. The molecule has 0 bridgehead atoms. The van der Waals surface area contributed by atoms with Crippen molar-refractivity contribution in [3.8, 4) is 0 Å². The highest BCUT2D eigenvalue weighted by Gasteiger charge is 2.19. The Morgan fingerprint density at radius 2 is 2.21 bits per heavy atom. The van der Waals surface area contributed by atoms with Crippen LogP contribution in [0.3, 0.4) is 0 Å². The lowest BCUT2D eigenvalue weighted by Gasteiger charge is -2.17. The summed E-state index contributed by atoms with van der Waals surface area (Å²) in [5, 5.41) is 3.55. The molecule has 1 aromatic rings. The Kier molecular flexibility index (Phi) is 6.20. The van der Waals surface area contributed by atoms with Gasteiger partial charge in [0.25, 0.3) is 0 Å².